The van der Waals surface area contributed by atoms with E-state index in [1.54, 1.807) is 0 Å². The zero-order valence-electron chi connectivity index (χ0n) is 12.8. The van der Waals surface area contributed by atoms with Gasteiger partial charge in [0.05, 0.1) is 0 Å². The third-order valence-corrected chi connectivity index (χ3v) is 5.83. The van der Waals surface area contributed by atoms with E-state index < -0.39 is 0 Å². The molecule has 0 aromatic heterocycles. The van der Waals surface area contributed by atoms with Crippen LogP contribution >= 0.6 is 23.4 Å². The van der Waals surface area contributed by atoms with Gasteiger partial charge in [-0.05, 0) is 30.9 Å². The van der Waals surface area contributed by atoms with E-state index in [-0.39, 0.29) is 12.4 Å². The van der Waals surface area contributed by atoms with Crippen molar-refractivity contribution in [3.8, 4) is 0 Å². The zero-order valence-corrected chi connectivity index (χ0v) is 15.1. The smallest absolute Gasteiger partial charge is 0.159 e. The summed E-state index contributed by atoms with van der Waals surface area (Å²) in [5.41, 5.74) is 1.21. The summed E-state index contributed by atoms with van der Waals surface area (Å²) >= 11 is 8.12. The molecule has 2 nitrogen and oxygen atoms in total. The van der Waals surface area contributed by atoms with Gasteiger partial charge in [-0.3, -0.25) is 4.99 Å². The highest BCUT2D eigenvalue weighted by molar-refractivity contribution is 8.13. The summed E-state index contributed by atoms with van der Waals surface area (Å²) in [4.78, 5) is 7.37. The second-order valence-electron chi connectivity index (χ2n) is 5.88. The Kier molecular flexibility index (Phi) is 7.39. The third kappa shape index (κ3) is 4.56. The SMILES string of the molecule is Clc1ccccc1CSC1=NCCCN1C1CCCCC1.[Cl-]. The van der Waals surface area contributed by atoms with Crippen LogP contribution in [0.3, 0.4) is 0 Å². The number of hydrogen-bond donors (Lipinski definition) is 0. The molecule has 3 rings (SSSR count). The molecule has 0 spiro atoms. The predicted molar refractivity (Wildman–Crippen MR) is 93.2 cm³/mol. The molecule has 1 heterocycles. The zero-order chi connectivity index (χ0) is 14.5. The van der Waals surface area contributed by atoms with Crippen LogP contribution in [0.4, 0.5) is 0 Å². The highest BCUT2D eigenvalue weighted by Gasteiger charge is 2.25. The van der Waals surface area contributed by atoms with E-state index in [0.29, 0.717) is 0 Å². The summed E-state index contributed by atoms with van der Waals surface area (Å²) < 4.78 is 0. The Morgan fingerprint density at radius 3 is 2.68 bits per heavy atom. The minimum atomic E-state index is 0. The van der Waals surface area contributed by atoms with E-state index in [9.17, 15) is 0 Å². The summed E-state index contributed by atoms with van der Waals surface area (Å²) in [6.07, 6.45) is 8.04. The first-order valence-electron chi connectivity index (χ1n) is 8.02. The number of hydrogen-bond acceptors (Lipinski definition) is 3. The number of thioether (sulfide) groups is 1. The largest absolute Gasteiger partial charge is 1.00 e. The van der Waals surface area contributed by atoms with Crippen molar-refractivity contribution < 1.29 is 12.4 Å². The number of benzene rings is 1. The highest BCUT2D eigenvalue weighted by Crippen LogP contribution is 2.29. The molecule has 1 aliphatic carbocycles. The molecule has 1 saturated carbocycles. The van der Waals surface area contributed by atoms with Crippen molar-refractivity contribution in [1.29, 1.82) is 0 Å². The molecule has 1 fully saturated rings. The molecule has 1 aromatic rings. The van der Waals surface area contributed by atoms with Gasteiger partial charge in [0.1, 0.15) is 0 Å². The molecular weight excluding hydrogens is 335 g/mol. The number of nitrogens with zero attached hydrogens (tertiary/aromatic N) is 2. The van der Waals surface area contributed by atoms with E-state index in [0.717, 1.165) is 23.4 Å². The normalized spacial score (nSPS) is 19.5. The molecule has 0 saturated heterocycles. The van der Waals surface area contributed by atoms with Crippen LogP contribution in [-0.2, 0) is 5.75 Å². The standard InChI is InChI=1S/C17H23ClN2S.ClH/c18-16-10-5-4-7-14(16)13-21-17-19-11-6-12-20(17)15-8-2-1-3-9-15;/h4-5,7,10,15H,1-3,6,8-9,11-13H2;1H/p-1. The van der Waals surface area contributed by atoms with Crippen LogP contribution in [0.5, 0.6) is 0 Å². The molecule has 22 heavy (non-hydrogen) atoms. The van der Waals surface area contributed by atoms with E-state index in [4.69, 9.17) is 16.6 Å². The molecule has 0 N–H and O–H groups in total. The Hall–Kier alpha value is -0.380. The van der Waals surface area contributed by atoms with Crippen molar-refractivity contribution in [1.82, 2.24) is 4.90 Å². The number of rotatable bonds is 3. The van der Waals surface area contributed by atoms with Crippen molar-refractivity contribution in [3.63, 3.8) is 0 Å². The van der Waals surface area contributed by atoms with Gasteiger partial charge >= 0.3 is 0 Å². The monoisotopic (exact) mass is 357 g/mol. The number of halogens is 2. The second kappa shape index (κ2) is 9.05. The summed E-state index contributed by atoms with van der Waals surface area (Å²) in [5, 5.41) is 2.11. The van der Waals surface area contributed by atoms with Gasteiger partial charge in [-0.2, -0.15) is 0 Å². The fourth-order valence-electron chi connectivity index (χ4n) is 3.22. The maximum atomic E-state index is 6.26. The molecule has 122 valence electrons. The molecule has 0 atom stereocenters. The van der Waals surface area contributed by atoms with Gasteiger partial charge in [0.15, 0.2) is 5.17 Å². The lowest BCUT2D eigenvalue weighted by Crippen LogP contribution is -3.00. The lowest BCUT2D eigenvalue weighted by atomic mass is 9.94. The van der Waals surface area contributed by atoms with Gasteiger partial charge in [-0.15, -0.1) is 0 Å². The quantitative estimate of drug-likeness (QED) is 0.821. The highest BCUT2D eigenvalue weighted by atomic mass is 35.5. The molecule has 2 aliphatic rings. The van der Waals surface area contributed by atoms with Crippen LogP contribution in [-0.4, -0.2) is 29.2 Å². The molecule has 5 heteroatoms. The Balaban J connectivity index is 0.00000176. The van der Waals surface area contributed by atoms with Crippen LogP contribution in [0.25, 0.3) is 0 Å². The lowest BCUT2D eigenvalue weighted by molar-refractivity contribution is -0.00000432. The molecular formula is C17H23Cl2N2S-. The Labute approximate surface area is 149 Å². The molecule has 0 unspecified atom stereocenters. The van der Waals surface area contributed by atoms with Gasteiger partial charge in [0.25, 0.3) is 0 Å². The summed E-state index contributed by atoms with van der Waals surface area (Å²) in [6, 6.07) is 8.85. The third-order valence-electron chi connectivity index (χ3n) is 4.38. The van der Waals surface area contributed by atoms with Crippen molar-refractivity contribution in [2.75, 3.05) is 13.1 Å². The van der Waals surface area contributed by atoms with Crippen molar-refractivity contribution >= 4 is 28.5 Å². The summed E-state index contributed by atoms with van der Waals surface area (Å²) in [5.74, 6) is 0.918. The maximum absolute atomic E-state index is 6.26. The van der Waals surface area contributed by atoms with Crippen LogP contribution in [0.1, 0.15) is 44.1 Å². The van der Waals surface area contributed by atoms with Gasteiger partial charge < -0.3 is 17.3 Å². The Bertz CT molecular complexity index is 501. The minimum absolute atomic E-state index is 0. The van der Waals surface area contributed by atoms with Crippen LogP contribution in [0, 0.1) is 0 Å². The fraction of sp³-hybridized carbons (Fsp3) is 0.588. The van der Waals surface area contributed by atoms with Crippen molar-refractivity contribution in [2.45, 2.75) is 50.3 Å². The van der Waals surface area contributed by atoms with Gasteiger partial charge in [-0.1, -0.05) is 60.8 Å². The minimum Gasteiger partial charge on any atom is -1.00 e. The number of aliphatic imine (C=N–C) groups is 1. The topological polar surface area (TPSA) is 15.6 Å². The molecule has 1 aromatic carbocycles. The van der Waals surface area contributed by atoms with Gasteiger partial charge in [-0.25, -0.2) is 0 Å². The molecule has 1 aliphatic heterocycles. The van der Waals surface area contributed by atoms with Gasteiger partial charge in [0.2, 0.25) is 0 Å². The first-order valence-corrected chi connectivity index (χ1v) is 9.38. The summed E-state index contributed by atoms with van der Waals surface area (Å²) in [6.45, 7) is 2.16. The van der Waals surface area contributed by atoms with E-state index >= 15 is 0 Å². The molecule has 0 amide bonds. The van der Waals surface area contributed by atoms with Crippen LogP contribution < -0.4 is 12.4 Å². The van der Waals surface area contributed by atoms with E-state index in [2.05, 4.69) is 17.0 Å². The van der Waals surface area contributed by atoms with Gasteiger partial charge in [0, 0.05) is 29.9 Å². The fourth-order valence-corrected chi connectivity index (χ4v) is 4.63. The summed E-state index contributed by atoms with van der Waals surface area (Å²) in [7, 11) is 0. The Morgan fingerprint density at radius 1 is 1.14 bits per heavy atom. The van der Waals surface area contributed by atoms with Crippen LogP contribution in [0.15, 0.2) is 29.3 Å². The van der Waals surface area contributed by atoms with Crippen molar-refractivity contribution in [2.24, 2.45) is 4.99 Å². The number of amidine groups is 1. The maximum Gasteiger partial charge on any atom is 0.159 e. The van der Waals surface area contributed by atoms with E-state index in [1.807, 2.05) is 23.9 Å². The first kappa shape index (κ1) is 18.0. The second-order valence-corrected chi connectivity index (χ2v) is 7.23. The average molecular weight is 358 g/mol. The van der Waals surface area contributed by atoms with E-state index in [1.165, 1.54) is 55.8 Å². The lowest BCUT2D eigenvalue weighted by Gasteiger charge is -2.38. The first-order chi connectivity index (χ1) is 10.3. The van der Waals surface area contributed by atoms with Crippen molar-refractivity contribution in [3.05, 3.63) is 34.9 Å². The molecule has 0 radical (unpaired) electrons. The Morgan fingerprint density at radius 2 is 1.91 bits per heavy atom. The predicted octanol–water partition coefficient (Wildman–Crippen LogP) is 1.97. The average Bonchev–Trinajstić information content (AvgIpc) is 2.55. The molecule has 0 bridgehead atoms. The van der Waals surface area contributed by atoms with Crippen LogP contribution in [0.2, 0.25) is 5.02 Å².